The number of nitrogens with one attached hydrogen (secondary N) is 1. The predicted molar refractivity (Wildman–Crippen MR) is 102 cm³/mol. The molecule has 0 aromatic heterocycles. The molecule has 2 aliphatic heterocycles. The van der Waals surface area contributed by atoms with Gasteiger partial charge in [-0.05, 0) is 29.7 Å². The van der Waals surface area contributed by atoms with E-state index >= 15 is 0 Å². The molecule has 2 N–H and O–H groups in total. The summed E-state index contributed by atoms with van der Waals surface area (Å²) in [6.45, 7) is 5.08. The predicted octanol–water partition coefficient (Wildman–Crippen LogP) is 4.81. The van der Waals surface area contributed by atoms with Crippen molar-refractivity contribution in [2.24, 2.45) is 5.92 Å². The van der Waals surface area contributed by atoms with Crippen LogP contribution in [0.25, 0.3) is 0 Å². The second kappa shape index (κ2) is 6.20. The average Bonchev–Trinajstić information content (AvgIpc) is 2.60. The summed E-state index contributed by atoms with van der Waals surface area (Å²) in [6.07, 6.45) is 0.690. The molecule has 0 fully saturated rings. The lowest BCUT2D eigenvalue weighted by molar-refractivity contribution is -0.136. The molecule has 26 heavy (non-hydrogen) atoms. The number of ether oxygens (including phenoxy) is 1. The fraction of sp³-hybridized carbons (Fsp3) is 0.381. The van der Waals surface area contributed by atoms with E-state index in [1.54, 1.807) is 0 Å². The zero-order valence-electron chi connectivity index (χ0n) is 14.9. The van der Waals surface area contributed by atoms with E-state index in [0.29, 0.717) is 18.1 Å². The summed E-state index contributed by atoms with van der Waals surface area (Å²) in [7, 11) is 0. The third-order valence-electron chi connectivity index (χ3n) is 5.79. The normalized spacial score (nSPS) is 22.3. The van der Waals surface area contributed by atoms with Crippen LogP contribution >= 0.6 is 11.6 Å². The summed E-state index contributed by atoms with van der Waals surface area (Å²) in [4.78, 5) is 10.9. The first kappa shape index (κ1) is 17.2. The van der Waals surface area contributed by atoms with Crippen LogP contribution < -0.4 is 10.1 Å². The topological polar surface area (TPSA) is 58.6 Å². The molecule has 0 unspecified atom stereocenters. The highest BCUT2D eigenvalue weighted by molar-refractivity contribution is 6.32. The molecule has 0 amide bonds. The van der Waals surface area contributed by atoms with Gasteiger partial charge in [-0.1, -0.05) is 49.7 Å². The minimum Gasteiger partial charge on any atom is -0.491 e. The summed E-state index contributed by atoms with van der Waals surface area (Å²) in [5.74, 6) is 0.269. The van der Waals surface area contributed by atoms with Gasteiger partial charge in [0, 0.05) is 29.0 Å². The number of benzene rings is 2. The van der Waals surface area contributed by atoms with Gasteiger partial charge < -0.3 is 15.2 Å². The van der Waals surface area contributed by atoms with Crippen LogP contribution in [0.1, 0.15) is 43.0 Å². The largest absolute Gasteiger partial charge is 0.491 e. The third-order valence-corrected chi connectivity index (χ3v) is 6.08. The molecule has 2 atom stereocenters. The van der Waals surface area contributed by atoms with Gasteiger partial charge >= 0.3 is 5.97 Å². The Morgan fingerprint density at radius 1 is 1.35 bits per heavy atom. The molecule has 2 heterocycles. The van der Waals surface area contributed by atoms with Crippen molar-refractivity contribution in [3.8, 4) is 5.75 Å². The standard InChI is InChI=1S/C21H22ClNO3/c1-21(2)14-10-12(7-9-18(24)25)6-8-17(14)23-19-13-4-3-5-16(22)20(13)26-11-15(19)21/h3-6,8,10,15,19,23H,7,9,11H2,1-2H3,(H,24,25)/t15-,19+/m1/s1. The summed E-state index contributed by atoms with van der Waals surface area (Å²) < 4.78 is 6.03. The first-order valence-corrected chi connectivity index (χ1v) is 9.28. The van der Waals surface area contributed by atoms with Gasteiger partial charge in [-0.15, -0.1) is 0 Å². The lowest BCUT2D eigenvalue weighted by Crippen LogP contribution is -2.46. The van der Waals surface area contributed by atoms with Gasteiger partial charge in [0.25, 0.3) is 0 Å². The Hall–Kier alpha value is -2.20. The second-order valence-corrected chi connectivity index (χ2v) is 8.10. The molecule has 0 aliphatic carbocycles. The van der Waals surface area contributed by atoms with Crippen LogP contribution in [0, 0.1) is 5.92 Å². The van der Waals surface area contributed by atoms with Crippen LogP contribution in [0.3, 0.4) is 0 Å². The Labute approximate surface area is 158 Å². The lowest BCUT2D eigenvalue weighted by atomic mass is 9.65. The number of carboxylic acid groups (broad SMARTS) is 1. The summed E-state index contributed by atoms with van der Waals surface area (Å²) in [5, 5.41) is 13.3. The van der Waals surface area contributed by atoms with E-state index in [2.05, 4.69) is 37.4 Å². The Balaban J connectivity index is 1.74. The molecule has 136 valence electrons. The highest BCUT2D eigenvalue weighted by Crippen LogP contribution is 2.53. The van der Waals surface area contributed by atoms with Crippen molar-refractivity contribution in [3.63, 3.8) is 0 Å². The van der Waals surface area contributed by atoms with E-state index in [-0.39, 0.29) is 23.8 Å². The van der Waals surface area contributed by atoms with Crippen LogP contribution in [0.5, 0.6) is 5.75 Å². The fourth-order valence-corrected chi connectivity index (χ4v) is 4.47. The average molecular weight is 372 g/mol. The Kier molecular flexibility index (Phi) is 4.11. The molecule has 0 saturated heterocycles. The van der Waals surface area contributed by atoms with Crippen LogP contribution in [0.2, 0.25) is 5.02 Å². The van der Waals surface area contributed by atoms with Crippen molar-refractivity contribution in [1.29, 1.82) is 0 Å². The molecule has 0 saturated carbocycles. The zero-order chi connectivity index (χ0) is 18.5. The first-order valence-electron chi connectivity index (χ1n) is 8.91. The number of halogens is 1. The SMILES string of the molecule is CC1(C)c2cc(CCC(=O)O)ccc2N[C@H]2c3cccc(Cl)c3OC[C@H]21. The molecule has 2 aliphatic rings. The van der Waals surface area contributed by atoms with Gasteiger partial charge in [-0.2, -0.15) is 0 Å². The van der Waals surface area contributed by atoms with Crippen molar-refractivity contribution in [1.82, 2.24) is 0 Å². The third kappa shape index (κ3) is 2.73. The van der Waals surface area contributed by atoms with Crippen molar-refractivity contribution in [2.45, 2.75) is 38.1 Å². The number of hydrogen-bond donors (Lipinski definition) is 2. The molecule has 4 rings (SSSR count). The van der Waals surface area contributed by atoms with Crippen LogP contribution in [0.15, 0.2) is 36.4 Å². The van der Waals surface area contributed by atoms with Crippen LogP contribution in [0.4, 0.5) is 5.69 Å². The molecule has 4 nitrogen and oxygen atoms in total. The Morgan fingerprint density at radius 2 is 2.15 bits per heavy atom. The number of fused-ring (bicyclic) bond motifs is 4. The molecule has 2 aromatic rings. The van der Waals surface area contributed by atoms with Gasteiger partial charge in [0.1, 0.15) is 5.75 Å². The molecule has 0 spiro atoms. The minimum absolute atomic E-state index is 0.107. The number of rotatable bonds is 3. The summed E-state index contributed by atoms with van der Waals surface area (Å²) in [6, 6.07) is 12.3. The summed E-state index contributed by atoms with van der Waals surface area (Å²) >= 11 is 6.33. The molecule has 2 aromatic carbocycles. The van der Waals surface area contributed by atoms with E-state index in [1.807, 2.05) is 18.2 Å². The Bertz CT molecular complexity index is 878. The van der Waals surface area contributed by atoms with E-state index < -0.39 is 5.97 Å². The van der Waals surface area contributed by atoms with Crippen LogP contribution in [-0.2, 0) is 16.6 Å². The van der Waals surface area contributed by atoms with Gasteiger partial charge in [-0.25, -0.2) is 0 Å². The number of anilines is 1. The molecule has 5 heteroatoms. The smallest absolute Gasteiger partial charge is 0.303 e. The quantitative estimate of drug-likeness (QED) is 0.812. The number of carboxylic acids is 1. The molecular formula is C21H22ClNO3. The van der Waals surface area contributed by atoms with Crippen molar-refractivity contribution < 1.29 is 14.6 Å². The van der Waals surface area contributed by atoms with Gasteiger partial charge in [0.2, 0.25) is 0 Å². The first-order chi connectivity index (χ1) is 12.4. The highest BCUT2D eigenvalue weighted by Gasteiger charge is 2.46. The van der Waals surface area contributed by atoms with Gasteiger partial charge in [0.15, 0.2) is 0 Å². The molecule has 0 bridgehead atoms. The van der Waals surface area contributed by atoms with Gasteiger partial charge in [-0.3, -0.25) is 4.79 Å². The maximum Gasteiger partial charge on any atom is 0.303 e. The highest BCUT2D eigenvalue weighted by atomic mass is 35.5. The number of aliphatic carboxylic acids is 1. The minimum atomic E-state index is -0.769. The molecule has 0 radical (unpaired) electrons. The van der Waals surface area contributed by atoms with Crippen LogP contribution in [-0.4, -0.2) is 17.7 Å². The van der Waals surface area contributed by atoms with E-state index in [1.165, 1.54) is 5.56 Å². The number of carbonyl (C=O) groups is 1. The van der Waals surface area contributed by atoms with Crippen molar-refractivity contribution in [3.05, 3.63) is 58.1 Å². The lowest BCUT2D eigenvalue weighted by Gasteiger charge is -2.48. The number of aryl methyl sites for hydroxylation is 1. The van der Waals surface area contributed by atoms with Gasteiger partial charge in [0.05, 0.1) is 17.7 Å². The zero-order valence-corrected chi connectivity index (χ0v) is 15.6. The maximum atomic E-state index is 10.9. The second-order valence-electron chi connectivity index (χ2n) is 7.69. The fourth-order valence-electron chi connectivity index (χ4n) is 4.24. The van der Waals surface area contributed by atoms with Crippen molar-refractivity contribution >= 4 is 23.3 Å². The monoisotopic (exact) mass is 371 g/mol. The molecular weight excluding hydrogens is 350 g/mol. The number of hydrogen-bond acceptors (Lipinski definition) is 3. The van der Waals surface area contributed by atoms with E-state index in [0.717, 1.165) is 22.6 Å². The number of para-hydroxylation sites is 1. The van der Waals surface area contributed by atoms with E-state index in [9.17, 15) is 4.79 Å². The maximum absolute atomic E-state index is 10.9. The Morgan fingerprint density at radius 3 is 2.92 bits per heavy atom. The van der Waals surface area contributed by atoms with E-state index in [4.69, 9.17) is 21.4 Å². The summed E-state index contributed by atoms with van der Waals surface area (Å²) in [5.41, 5.74) is 4.37. The van der Waals surface area contributed by atoms with Crippen molar-refractivity contribution in [2.75, 3.05) is 11.9 Å².